The van der Waals surface area contributed by atoms with Crippen LogP contribution >= 0.6 is 0 Å². The number of rotatable bonds is 6. The Morgan fingerprint density at radius 1 is 0.391 bits per heavy atom. The standard InChI is InChI=1S/C41H29N5/c1-3-7-32(8-4-1)39-44-40(33-9-5-2-6-10-33)46-41(45-39)34-19-13-29(14-20-34)36-22-16-30-15-21-35(25-37(30)26-36)28-11-17-31(18-12-28)38-23-24-42-27-43-38/h1-26,43H,27H2. The van der Waals surface area contributed by atoms with Gasteiger partial charge >= 0.3 is 0 Å². The molecule has 0 atom stereocenters. The Hall–Kier alpha value is -6.20. The van der Waals surface area contributed by atoms with Gasteiger partial charge in [-0.25, -0.2) is 15.0 Å². The average Bonchev–Trinajstić information content (AvgIpc) is 3.15. The van der Waals surface area contributed by atoms with Crippen molar-refractivity contribution in [3.8, 4) is 56.4 Å². The Kier molecular flexibility index (Phi) is 7.17. The third-order valence-corrected chi connectivity index (χ3v) is 8.25. The lowest BCUT2D eigenvalue weighted by Crippen LogP contribution is -2.15. The van der Waals surface area contributed by atoms with Crippen LogP contribution in [-0.2, 0) is 0 Å². The summed E-state index contributed by atoms with van der Waals surface area (Å²) in [4.78, 5) is 18.8. The molecule has 0 spiro atoms. The van der Waals surface area contributed by atoms with Crippen LogP contribution in [0, 0.1) is 0 Å². The number of aromatic nitrogens is 3. The van der Waals surface area contributed by atoms with Gasteiger partial charge in [0.05, 0.1) is 0 Å². The largest absolute Gasteiger partial charge is 0.366 e. The summed E-state index contributed by atoms with van der Waals surface area (Å²) < 4.78 is 0. The second kappa shape index (κ2) is 12.1. The quantitative estimate of drug-likeness (QED) is 0.209. The van der Waals surface area contributed by atoms with Crippen LogP contribution in [0.3, 0.4) is 0 Å². The number of hydrogen-bond acceptors (Lipinski definition) is 5. The monoisotopic (exact) mass is 591 g/mol. The van der Waals surface area contributed by atoms with Gasteiger partial charge in [0, 0.05) is 28.6 Å². The van der Waals surface area contributed by atoms with Crippen LogP contribution in [0.25, 0.3) is 72.9 Å². The number of benzene rings is 6. The molecule has 5 nitrogen and oxygen atoms in total. The lowest BCUT2D eigenvalue weighted by Gasteiger charge is -2.12. The predicted molar refractivity (Wildman–Crippen MR) is 189 cm³/mol. The first-order valence-corrected chi connectivity index (χ1v) is 15.3. The molecule has 5 heteroatoms. The van der Waals surface area contributed by atoms with Gasteiger partial charge in [-0.15, -0.1) is 0 Å². The van der Waals surface area contributed by atoms with Crippen molar-refractivity contribution in [2.45, 2.75) is 0 Å². The Morgan fingerprint density at radius 2 is 0.826 bits per heavy atom. The number of aliphatic imine (C=N–C) groups is 1. The molecule has 1 aliphatic heterocycles. The molecular weight excluding hydrogens is 562 g/mol. The average molecular weight is 592 g/mol. The molecule has 1 aliphatic rings. The van der Waals surface area contributed by atoms with E-state index in [1.54, 1.807) is 0 Å². The molecule has 218 valence electrons. The van der Waals surface area contributed by atoms with Gasteiger partial charge < -0.3 is 5.32 Å². The van der Waals surface area contributed by atoms with Gasteiger partial charge in [-0.05, 0) is 56.8 Å². The van der Waals surface area contributed by atoms with Crippen molar-refractivity contribution >= 4 is 22.7 Å². The number of fused-ring (bicyclic) bond motifs is 1. The summed E-state index contributed by atoms with van der Waals surface area (Å²) in [5, 5.41) is 5.74. The highest BCUT2D eigenvalue weighted by atomic mass is 15.0. The smallest absolute Gasteiger partial charge is 0.164 e. The molecule has 6 aromatic carbocycles. The van der Waals surface area contributed by atoms with E-state index in [2.05, 4.69) is 95.2 Å². The highest BCUT2D eigenvalue weighted by Gasteiger charge is 2.13. The molecule has 0 amide bonds. The molecule has 0 fully saturated rings. The number of nitrogens with one attached hydrogen (secondary N) is 1. The van der Waals surface area contributed by atoms with Crippen molar-refractivity contribution in [3.63, 3.8) is 0 Å². The molecule has 0 unspecified atom stereocenters. The zero-order valence-electron chi connectivity index (χ0n) is 25.0. The maximum absolute atomic E-state index is 4.88. The van der Waals surface area contributed by atoms with Gasteiger partial charge in [0.15, 0.2) is 17.5 Å². The second-order valence-electron chi connectivity index (χ2n) is 11.2. The molecule has 1 N–H and O–H groups in total. The van der Waals surface area contributed by atoms with E-state index in [4.69, 9.17) is 15.0 Å². The van der Waals surface area contributed by atoms with E-state index in [1.165, 1.54) is 21.9 Å². The van der Waals surface area contributed by atoms with Gasteiger partial charge in [-0.1, -0.05) is 133 Å². The first kappa shape index (κ1) is 27.4. The van der Waals surface area contributed by atoms with Gasteiger partial charge in [0.25, 0.3) is 0 Å². The summed E-state index contributed by atoms with van der Waals surface area (Å²) in [7, 11) is 0. The number of allylic oxidation sites excluding steroid dienone is 1. The first-order chi connectivity index (χ1) is 22.8. The van der Waals surface area contributed by atoms with E-state index in [-0.39, 0.29) is 0 Å². The Balaban J connectivity index is 1.10. The highest BCUT2D eigenvalue weighted by Crippen LogP contribution is 2.31. The minimum Gasteiger partial charge on any atom is -0.366 e. The highest BCUT2D eigenvalue weighted by molar-refractivity contribution is 5.91. The predicted octanol–water partition coefficient (Wildman–Crippen LogP) is 9.33. The summed E-state index contributed by atoms with van der Waals surface area (Å²) in [6.45, 7) is 0.616. The summed E-state index contributed by atoms with van der Waals surface area (Å²) in [5.74, 6) is 1.97. The van der Waals surface area contributed by atoms with Crippen LogP contribution in [0.15, 0.2) is 157 Å². The van der Waals surface area contributed by atoms with Crippen LogP contribution in [0.2, 0.25) is 0 Å². The van der Waals surface area contributed by atoms with Crippen molar-refractivity contribution in [2.24, 2.45) is 4.99 Å². The van der Waals surface area contributed by atoms with E-state index in [0.717, 1.165) is 39.1 Å². The topological polar surface area (TPSA) is 63.1 Å². The fourth-order valence-electron chi connectivity index (χ4n) is 5.77. The van der Waals surface area contributed by atoms with E-state index >= 15 is 0 Å². The van der Waals surface area contributed by atoms with Gasteiger partial charge in [-0.3, -0.25) is 4.99 Å². The summed E-state index contributed by atoms with van der Waals surface area (Å²) in [5.41, 5.74) is 9.79. The maximum Gasteiger partial charge on any atom is 0.164 e. The first-order valence-electron chi connectivity index (χ1n) is 15.3. The number of hydrogen-bond donors (Lipinski definition) is 1. The van der Waals surface area contributed by atoms with Crippen LogP contribution in [0.1, 0.15) is 5.56 Å². The molecule has 8 rings (SSSR count). The molecular formula is C41H29N5. The molecule has 1 aromatic heterocycles. The SMILES string of the molecule is C1=NCNC(c2ccc(-c3ccc4ccc(-c5ccc(-c6nc(-c7ccccc7)nc(-c7ccccc7)n6)cc5)cc4c3)cc2)=C1. The Labute approximate surface area is 267 Å². The van der Waals surface area contributed by atoms with E-state index in [9.17, 15) is 0 Å². The second-order valence-corrected chi connectivity index (χ2v) is 11.2. The summed E-state index contributed by atoms with van der Waals surface area (Å²) >= 11 is 0. The van der Waals surface area contributed by atoms with Gasteiger partial charge in [0.1, 0.15) is 6.67 Å². The Bertz CT molecular complexity index is 2160. The Morgan fingerprint density at radius 3 is 1.30 bits per heavy atom. The minimum absolute atomic E-state index is 0.616. The molecule has 0 radical (unpaired) electrons. The number of nitrogens with zero attached hydrogens (tertiary/aromatic N) is 4. The van der Waals surface area contributed by atoms with Crippen molar-refractivity contribution < 1.29 is 0 Å². The van der Waals surface area contributed by atoms with Gasteiger partial charge in [0.2, 0.25) is 0 Å². The molecule has 0 saturated carbocycles. The van der Waals surface area contributed by atoms with E-state index in [1.807, 2.05) is 73.0 Å². The maximum atomic E-state index is 4.88. The third kappa shape index (κ3) is 5.58. The summed E-state index contributed by atoms with van der Waals surface area (Å²) in [6.07, 6.45) is 3.86. The van der Waals surface area contributed by atoms with Crippen molar-refractivity contribution in [2.75, 3.05) is 6.67 Å². The van der Waals surface area contributed by atoms with Crippen molar-refractivity contribution in [1.82, 2.24) is 20.3 Å². The van der Waals surface area contributed by atoms with E-state index < -0.39 is 0 Å². The van der Waals surface area contributed by atoms with Crippen LogP contribution < -0.4 is 5.32 Å². The van der Waals surface area contributed by atoms with Crippen molar-refractivity contribution in [1.29, 1.82) is 0 Å². The molecule has 46 heavy (non-hydrogen) atoms. The zero-order valence-corrected chi connectivity index (χ0v) is 25.0. The minimum atomic E-state index is 0.616. The van der Waals surface area contributed by atoms with Crippen molar-refractivity contribution in [3.05, 3.63) is 157 Å². The lowest BCUT2D eigenvalue weighted by molar-refractivity contribution is 0.899. The van der Waals surface area contributed by atoms with E-state index in [0.29, 0.717) is 24.1 Å². The molecule has 0 aliphatic carbocycles. The zero-order chi connectivity index (χ0) is 30.7. The van der Waals surface area contributed by atoms with Crippen LogP contribution in [0.4, 0.5) is 0 Å². The molecule has 0 bridgehead atoms. The molecule has 0 saturated heterocycles. The molecule has 2 heterocycles. The fourth-order valence-corrected chi connectivity index (χ4v) is 5.77. The fraction of sp³-hybridized carbons (Fsp3) is 0.0244. The lowest BCUT2D eigenvalue weighted by atomic mass is 9.96. The van der Waals surface area contributed by atoms with Gasteiger partial charge in [-0.2, -0.15) is 0 Å². The third-order valence-electron chi connectivity index (χ3n) is 8.25. The van der Waals surface area contributed by atoms with Crippen LogP contribution in [-0.4, -0.2) is 27.8 Å². The summed E-state index contributed by atoms with van der Waals surface area (Å²) in [6, 6.07) is 50.6. The normalized spacial score (nSPS) is 12.5. The molecule has 7 aromatic rings. The van der Waals surface area contributed by atoms with Crippen LogP contribution in [0.5, 0.6) is 0 Å².